The second-order valence-corrected chi connectivity index (χ2v) is 7.15. The van der Waals surface area contributed by atoms with Gasteiger partial charge in [-0.3, -0.25) is 0 Å². The molecule has 0 radical (unpaired) electrons. The first-order valence-electron chi connectivity index (χ1n) is 6.39. The van der Waals surface area contributed by atoms with E-state index in [1.165, 1.54) is 22.5 Å². The maximum Gasteiger partial charge on any atom is 0.244 e. The summed E-state index contributed by atoms with van der Waals surface area (Å²) >= 11 is 5.99. The van der Waals surface area contributed by atoms with E-state index in [0.29, 0.717) is 31.1 Å². The number of rotatable bonds is 3. The minimum atomic E-state index is -3.60. The fourth-order valence-corrected chi connectivity index (χ4v) is 4.29. The van der Waals surface area contributed by atoms with Gasteiger partial charge in [-0.2, -0.15) is 9.57 Å². The van der Waals surface area contributed by atoms with Gasteiger partial charge in [-0.15, -0.1) is 12.4 Å². The van der Waals surface area contributed by atoms with Crippen LogP contribution in [0.2, 0.25) is 5.02 Å². The number of sulfonamides is 1. The highest BCUT2D eigenvalue weighted by Crippen LogP contribution is 2.28. The van der Waals surface area contributed by atoms with E-state index in [1.54, 1.807) is 0 Å². The summed E-state index contributed by atoms with van der Waals surface area (Å²) in [6, 6.07) is 6.17. The van der Waals surface area contributed by atoms with Gasteiger partial charge in [0.2, 0.25) is 10.0 Å². The fourth-order valence-electron chi connectivity index (χ4n) is 2.30. The lowest BCUT2D eigenvalue weighted by Gasteiger charge is -2.30. The largest absolute Gasteiger partial charge is 0.330 e. The van der Waals surface area contributed by atoms with Crippen molar-refractivity contribution >= 4 is 34.0 Å². The van der Waals surface area contributed by atoms with Gasteiger partial charge >= 0.3 is 0 Å². The Kier molecular flexibility index (Phi) is 6.44. The normalized spacial score (nSPS) is 17.0. The molecule has 5 nitrogen and oxygen atoms in total. The Hall–Kier alpha value is -0.840. The lowest BCUT2D eigenvalue weighted by atomic mass is 9.99. The maximum atomic E-state index is 12.5. The summed E-state index contributed by atoms with van der Waals surface area (Å²) in [4.78, 5) is 0.0596. The molecule has 0 saturated carbocycles. The van der Waals surface area contributed by atoms with Crippen LogP contribution in [0.1, 0.15) is 18.4 Å². The lowest BCUT2D eigenvalue weighted by Crippen LogP contribution is -2.40. The number of nitrogens with zero attached hydrogens (tertiary/aromatic N) is 2. The number of piperidine rings is 1. The van der Waals surface area contributed by atoms with Crippen molar-refractivity contribution in [1.29, 1.82) is 5.26 Å². The second-order valence-electron chi connectivity index (χ2n) is 4.84. The average molecular weight is 350 g/mol. The summed E-state index contributed by atoms with van der Waals surface area (Å²) in [6.07, 6.45) is 1.53. The number of nitriles is 1. The molecule has 1 aromatic rings. The molecule has 0 unspecified atom stereocenters. The van der Waals surface area contributed by atoms with Gasteiger partial charge in [-0.05, 0) is 43.5 Å². The number of halogens is 2. The van der Waals surface area contributed by atoms with Crippen molar-refractivity contribution in [2.75, 3.05) is 19.6 Å². The van der Waals surface area contributed by atoms with Crippen molar-refractivity contribution in [3.8, 4) is 6.07 Å². The van der Waals surface area contributed by atoms with Crippen molar-refractivity contribution in [3.05, 3.63) is 28.8 Å². The van der Waals surface area contributed by atoms with Gasteiger partial charge in [0.15, 0.2) is 0 Å². The molecular formula is C13H17Cl2N3O2S. The van der Waals surface area contributed by atoms with Gasteiger partial charge < -0.3 is 5.73 Å². The van der Waals surface area contributed by atoms with Gasteiger partial charge in [-0.1, -0.05) is 11.6 Å². The molecule has 21 heavy (non-hydrogen) atoms. The van der Waals surface area contributed by atoms with E-state index < -0.39 is 10.0 Å². The first kappa shape index (κ1) is 18.2. The smallest absolute Gasteiger partial charge is 0.244 e. The SMILES string of the molecule is Cl.N#Cc1ccc(S(=O)(=O)N2CCC(CN)CC2)c(Cl)c1. The van der Waals surface area contributed by atoms with Gasteiger partial charge in [0, 0.05) is 13.1 Å². The van der Waals surface area contributed by atoms with Crippen LogP contribution in [0.15, 0.2) is 23.1 Å². The molecular weight excluding hydrogens is 333 g/mol. The Balaban J connectivity index is 0.00000220. The molecule has 8 heteroatoms. The van der Waals surface area contributed by atoms with E-state index in [2.05, 4.69) is 0 Å². The third kappa shape index (κ3) is 3.87. The van der Waals surface area contributed by atoms with E-state index in [4.69, 9.17) is 22.6 Å². The molecule has 116 valence electrons. The first-order valence-corrected chi connectivity index (χ1v) is 8.20. The van der Waals surface area contributed by atoms with Gasteiger partial charge in [0.1, 0.15) is 4.90 Å². The van der Waals surface area contributed by atoms with Gasteiger partial charge in [0.25, 0.3) is 0 Å². The molecule has 1 aliphatic heterocycles. The Morgan fingerprint density at radius 3 is 2.48 bits per heavy atom. The Bertz CT molecular complexity index is 635. The van der Waals surface area contributed by atoms with Gasteiger partial charge in [-0.25, -0.2) is 8.42 Å². The molecule has 0 aliphatic carbocycles. The van der Waals surface area contributed by atoms with Crippen molar-refractivity contribution in [2.45, 2.75) is 17.7 Å². The highest BCUT2D eigenvalue weighted by Gasteiger charge is 2.30. The Morgan fingerprint density at radius 1 is 1.38 bits per heavy atom. The summed E-state index contributed by atoms with van der Waals surface area (Å²) < 4.78 is 26.5. The zero-order valence-electron chi connectivity index (χ0n) is 11.3. The van der Waals surface area contributed by atoms with Gasteiger partial charge in [0.05, 0.1) is 16.7 Å². The predicted octanol–water partition coefficient (Wildman–Crippen LogP) is 1.99. The van der Waals surface area contributed by atoms with Crippen molar-refractivity contribution in [3.63, 3.8) is 0 Å². The number of benzene rings is 1. The van der Waals surface area contributed by atoms with E-state index in [0.717, 1.165) is 12.8 Å². The minimum Gasteiger partial charge on any atom is -0.330 e. The van der Waals surface area contributed by atoms with E-state index >= 15 is 0 Å². The van der Waals surface area contributed by atoms with Crippen LogP contribution in [0.25, 0.3) is 0 Å². The van der Waals surface area contributed by atoms with Crippen LogP contribution < -0.4 is 5.73 Å². The molecule has 0 spiro atoms. The van der Waals surface area contributed by atoms with Crippen LogP contribution in [0.3, 0.4) is 0 Å². The van der Waals surface area contributed by atoms with Crippen LogP contribution in [0.4, 0.5) is 0 Å². The van der Waals surface area contributed by atoms with Crippen LogP contribution in [-0.2, 0) is 10.0 Å². The van der Waals surface area contributed by atoms with Crippen molar-refractivity contribution in [1.82, 2.24) is 4.31 Å². The summed E-state index contributed by atoms with van der Waals surface area (Å²) in [6.45, 7) is 1.51. The highest BCUT2D eigenvalue weighted by molar-refractivity contribution is 7.89. The van der Waals surface area contributed by atoms with Crippen LogP contribution in [0, 0.1) is 17.2 Å². The van der Waals surface area contributed by atoms with E-state index in [-0.39, 0.29) is 22.3 Å². The summed E-state index contributed by atoms with van der Waals surface area (Å²) in [7, 11) is -3.60. The molecule has 1 saturated heterocycles. The fraction of sp³-hybridized carbons (Fsp3) is 0.462. The molecule has 2 rings (SSSR count). The molecule has 0 atom stereocenters. The Labute approximate surface area is 136 Å². The standard InChI is InChI=1S/C13H16ClN3O2S.ClH/c14-12-7-11(9-16)1-2-13(12)20(18,19)17-5-3-10(8-15)4-6-17;/h1-2,7,10H,3-6,8,15H2;1H. The lowest BCUT2D eigenvalue weighted by molar-refractivity contribution is 0.278. The second kappa shape index (κ2) is 7.43. The molecule has 2 N–H and O–H groups in total. The van der Waals surface area contributed by atoms with Crippen molar-refractivity contribution in [2.24, 2.45) is 11.7 Å². The Morgan fingerprint density at radius 2 is 2.00 bits per heavy atom. The third-order valence-electron chi connectivity index (χ3n) is 3.59. The number of hydrogen-bond acceptors (Lipinski definition) is 4. The van der Waals surface area contributed by atoms with Crippen LogP contribution in [-0.4, -0.2) is 32.4 Å². The van der Waals surface area contributed by atoms with Crippen molar-refractivity contribution < 1.29 is 8.42 Å². The van der Waals surface area contributed by atoms with E-state index in [9.17, 15) is 8.42 Å². The molecule has 1 aliphatic rings. The van der Waals surface area contributed by atoms with E-state index in [1.807, 2.05) is 6.07 Å². The third-order valence-corrected chi connectivity index (χ3v) is 5.97. The zero-order chi connectivity index (χ0) is 14.8. The molecule has 0 amide bonds. The summed E-state index contributed by atoms with van der Waals surface area (Å²) in [5, 5.41) is 8.87. The molecule has 1 heterocycles. The predicted molar refractivity (Wildman–Crippen MR) is 84.0 cm³/mol. The quantitative estimate of drug-likeness (QED) is 0.903. The topological polar surface area (TPSA) is 87.2 Å². The first-order chi connectivity index (χ1) is 9.48. The molecule has 0 bridgehead atoms. The highest BCUT2D eigenvalue weighted by atomic mass is 35.5. The summed E-state index contributed by atoms with van der Waals surface area (Å²) in [5.41, 5.74) is 5.95. The molecule has 1 fully saturated rings. The van der Waals surface area contributed by atoms with Crippen LogP contribution in [0.5, 0.6) is 0 Å². The van der Waals surface area contributed by atoms with Crippen LogP contribution >= 0.6 is 24.0 Å². The zero-order valence-corrected chi connectivity index (χ0v) is 13.7. The monoisotopic (exact) mass is 349 g/mol. The summed E-state index contributed by atoms with van der Waals surface area (Å²) in [5.74, 6) is 0.387. The number of hydrogen-bond donors (Lipinski definition) is 1. The molecule has 1 aromatic carbocycles. The minimum absolute atomic E-state index is 0. The maximum absolute atomic E-state index is 12.5. The molecule has 0 aromatic heterocycles. The number of nitrogens with two attached hydrogens (primary N) is 1. The average Bonchev–Trinajstić information content (AvgIpc) is 2.46.